The van der Waals surface area contributed by atoms with Crippen LogP contribution in [0.5, 0.6) is 0 Å². The molecule has 0 atom stereocenters. The largest absolute Gasteiger partial charge is 0.309 e. The fourth-order valence-corrected chi connectivity index (χ4v) is 3.10. The Morgan fingerprint density at radius 1 is 1.09 bits per heavy atom. The van der Waals surface area contributed by atoms with E-state index in [9.17, 15) is 0 Å². The Kier molecular flexibility index (Phi) is 3.41. The molecule has 0 fully saturated rings. The molecule has 0 amide bonds. The number of rotatable bonds is 2. The second kappa shape index (κ2) is 5.55. The molecule has 110 valence electrons. The van der Waals surface area contributed by atoms with Crippen LogP contribution in [0.3, 0.4) is 0 Å². The molecule has 4 nitrogen and oxygen atoms in total. The van der Waals surface area contributed by atoms with Gasteiger partial charge in [0.25, 0.3) is 0 Å². The zero-order chi connectivity index (χ0) is 14.9. The number of benzene rings is 1. The third kappa shape index (κ3) is 2.30. The molecule has 1 aliphatic rings. The van der Waals surface area contributed by atoms with Gasteiger partial charge in [-0.25, -0.2) is 0 Å². The molecule has 3 aromatic rings. The van der Waals surface area contributed by atoms with Gasteiger partial charge in [0, 0.05) is 41.6 Å². The molecule has 0 saturated heterocycles. The van der Waals surface area contributed by atoms with E-state index < -0.39 is 0 Å². The molecule has 2 aromatic heterocycles. The van der Waals surface area contributed by atoms with Gasteiger partial charge in [0.1, 0.15) is 5.69 Å². The summed E-state index contributed by atoms with van der Waals surface area (Å²) in [6, 6.07) is 11.9. The first-order valence-corrected chi connectivity index (χ1v) is 7.67. The first kappa shape index (κ1) is 13.5. The van der Waals surface area contributed by atoms with Crippen LogP contribution in [-0.4, -0.2) is 21.3 Å². The summed E-state index contributed by atoms with van der Waals surface area (Å²) in [6.45, 7) is 2.65. The first-order valence-electron chi connectivity index (χ1n) is 7.29. The highest BCUT2D eigenvalue weighted by atomic mass is 35.5. The van der Waals surface area contributed by atoms with Gasteiger partial charge in [-0.15, -0.1) is 0 Å². The normalized spacial score (nSPS) is 13.9. The average Bonchev–Trinajstić information content (AvgIpc) is 2.95. The van der Waals surface area contributed by atoms with Gasteiger partial charge in [0.05, 0.1) is 12.2 Å². The van der Waals surface area contributed by atoms with Crippen LogP contribution in [0.4, 0.5) is 0 Å². The smallest absolute Gasteiger partial charge is 0.101 e. The second-order valence-electron chi connectivity index (χ2n) is 5.32. The van der Waals surface area contributed by atoms with Crippen LogP contribution in [0.1, 0.15) is 5.69 Å². The Labute approximate surface area is 133 Å². The lowest BCUT2D eigenvalue weighted by Crippen LogP contribution is -2.28. The van der Waals surface area contributed by atoms with Crippen molar-refractivity contribution in [1.82, 2.24) is 20.1 Å². The predicted molar refractivity (Wildman–Crippen MR) is 87.6 cm³/mol. The summed E-state index contributed by atoms with van der Waals surface area (Å²) in [5.74, 6) is 0. The van der Waals surface area contributed by atoms with Crippen molar-refractivity contribution in [3.8, 4) is 22.4 Å². The number of hydrogen-bond donors (Lipinski definition) is 1. The highest BCUT2D eigenvalue weighted by Gasteiger charge is 2.22. The van der Waals surface area contributed by atoms with Gasteiger partial charge in [0.2, 0.25) is 0 Å². The van der Waals surface area contributed by atoms with E-state index in [1.54, 1.807) is 0 Å². The van der Waals surface area contributed by atoms with E-state index in [1.807, 2.05) is 42.7 Å². The van der Waals surface area contributed by atoms with Crippen molar-refractivity contribution in [3.05, 3.63) is 59.5 Å². The minimum atomic E-state index is 0.724. The fraction of sp³-hybridized carbons (Fsp3) is 0.176. The van der Waals surface area contributed by atoms with E-state index in [4.69, 9.17) is 16.7 Å². The number of halogens is 1. The van der Waals surface area contributed by atoms with E-state index in [-0.39, 0.29) is 0 Å². The number of fused-ring (bicyclic) bond motifs is 1. The van der Waals surface area contributed by atoms with Crippen LogP contribution >= 0.6 is 11.6 Å². The Morgan fingerprint density at radius 2 is 1.95 bits per heavy atom. The summed E-state index contributed by atoms with van der Waals surface area (Å²) in [5.41, 5.74) is 5.54. The summed E-state index contributed by atoms with van der Waals surface area (Å²) in [6.07, 6.45) is 3.63. The Bertz CT molecular complexity index is 811. The minimum absolute atomic E-state index is 0.724. The summed E-state index contributed by atoms with van der Waals surface area (Å²) < 4.78 is 2.10. The highest BCUT2D eigenvalue weighted by molar-refractivity contribution is 6.30. The monoisotopic (exact) mass is 310 g/mol. The SMILES string of the molecule is Clc1cccc(-c2nn3c(c2-c2ccncc2)CNCC3)c1. The Balaban J connectivity index is 1.96. The summed E-state index contributed by atoms with van der Waals surface area (Å²) in [4.78, 5) is 4.12. The van der Waals surface area contributed by atoms with Crippen LogP contribution in [0, 0.1) is 0 Å². The summed E-state index contributed by atoms with van der Waals surface area (Å²) in [7, 11) is 0. The molecule has 1 N–H and O–H groups in total. The Hall–Kier alpha value is -2.17. The van der Waals surface area contributed by atoms with Crippen LogP contribution in [0.15, 0.2) is 48.8 Å². The summed E-state index contributed by atoms with van der Waals surface area (Å²) >= 11 is 6.16. The van der Waals surface area contributed by atoms with Crippen molar-refractivity contribution in [1.29, 1.82) is 0 Å². The molecule has 0 unspecified atom stereocenters. The molecule has 4 rings (SSSR count). The molecule has 0 spiro atoms. The predicted octanol–water partition coefficient (Wildman–Crippen LogP) is 3.37. The maximum atomic E-state index is 6.16. The van der Waals surface area contributed by atoms with E-state index in [1.165, 1.54) is 5.69 Å². The first-order chi connectivity index (χ1) is 10.8. The number of nitrogens with zero attached hydrogens (tertiary/aromatic N) is 3. The van der Waals surface area contributed by atoms with Crippen LogP contribution in [0.25, 0.3) is 22.4 Å². The zero-order valence-corrected chi connectivity index (χ0v) is 12.7. The van der Waals surface area contributed by atoms with E-state index in [2.05, 4.69) is 21.0 Å². The minimum Gasteiger partial charge on any atom is -0.309 e. The van der Waals surface area contributed by atoms with Crippen LogP contribution < -0.4 is 5.32 Å². The topological polar surface area (TPSA) is 42.7 Å². The van der Waals surface area contributed by atoms with Gasteiger partial charge in [-0.3, -0.25) is 9.67 Å². The van der Waals surface area contributed by atoms with Gasteiger partial charge in [0.15, 0.2) is 0 Å². The molecule has 0 bridgehead atoms. The third-order valence-electron chi connectivity index (χ3n) is 3.92. The molecule has 3 heterocycles. The maximum Gasteiger partial charge on any atom is 0.101 e. The number of pyridine rings is 1. The fourth-order valence-electron chi connectivity index (χ4n) is 2.91. The van der Waals surface area contributed by atoms with Crippen molar-refractivity contribution in [2.24, 2.45) is 0 Å². The standard InChI is InChI=1S/C17H15ClN4/c18-14-3-1-2-13(10-14)17-16(12-4-6-19-7-5-12)15-11-20-8-9-22(15)21-17/h1-7,10,20H,8-9,11H2. The number of aromatic nitrogens is 3. The van der Waals surface area contributed by atoms with Crippen LogP contribution in [0.2, 0.25) is 5.02 Å². The zero-order valence-electron chi connectivity index (χ0n) is 12.0. The molecular weight excluding hydrogens is 296 g/mol. The molecule has 0 saturated carbocycles. The lowest BCUT2D eigenvalue weighted by Gasteiger charge is -2.16. The maximum absolute atomic E-state index is 6.16. The molecule has 1 aliphatic heterocycles. The van der Waals surface area contributed by atoms with Crippen molar-refractivity contribution < 1.29 is 0 Å². The highest BCUT2D eigenvalue weighted by Crippen LogP contribution is 2.35. The number of hydrogen-bond acceptors (Lipinski definition) is 3. The van der Waals surface area contributed by atoms with Crippen molar-refractivity contribution in [2.45, 2.75) is 13.1 Å². The van der Waals surface area contributed by atoms with E-state index >= 15 is 0 Å². The lowest BCUT2D eigenvalue weighted by atomic mass is 9.99. The molecule has 0 aliphatic carbocycles. The molecule has 0 radical (unpaired) electrons. The van der Waals surface area contributed by atoms with E-state index in [0.29, 0.717) is 0 Å². The number of nitrogens with one attached hydrogen (secondary N) is 1. The molecule has 1 aromatic carbocycles. The van der Waals surface area contributed by atoms with Crippen molar-refractivity contribution >= 4 is 11.6 Å². The van der Waals surface area contributed by atoms with Crippen LogP contribution in [-0.2, 0) is 13.1 Å². The average molecular weight is 311 g/mol. The molecule has 22 heavy (non-hydrogen) atoms. The quantitative estimate of drug-likeness (QED) is 0.789. The molecular formula is C17H15ClN4. The van der Waals surface area contributed by atoms with Crippen molar-refractivity contribution in [3.63, 3.8) is 0 Å². The summed E-state index contributed by atoms with van der Waals surface area (Å²) in [5, 5.41) is 8.99. The van der Waals surface area contributed by atoms with Gasteiger partial charge >= 0.3 is 0 Å². The lowest BCUT2D eigenvalue weighted by molar-refractivity contribution is 0.477. The second-order valence-corrected chi connectivity index (χ2v) is 5.75. The Morgan fingerprint density at radius 3 is 2.77 bits per heavy atom. The molecule has 5 heteroatoms. The van der Waals surface area contributed by atoms with Gasteiger partial charge in [-0.05, 0) is 29.8 Å². The van der Waals surface area contributed by atoms with Gasteiger partial charge in [-0.2, -0.15) is 5.10 Å². The van der Waals surface area contributed by atoms with Gasteiger partial charge < -0.3 is 5.32 Å². The third-order valence-corrected chi connectivity index (χ3v) is 4.15. The van der Waals surface area contributed by atoms with E-state index in [0.717, 1.165) is 47.0 Å². The van der Waals surface area contributed by atoms with Gasteiger partial charge in [-0.1, -0.05) is 23.7 Å². The van der Waals surface area contributed by atoms with Crippen molar-refractivity contribution in [2.75, 3.05) is 6.54 Å².